The maximum atomic E-state index is 5.95. The Labute approximate surface area is 151 Å². The van der Waals surface area contributed by atoms with E-state index in [0.717, 1.165) is 25.3 Å². The van der Waals surface area contributed by atoms with Crippen LogP contribution in [0.15, 0.2) is 24.8 Å². The minimum absolute atomic E-state index is 0.604. The van der Waals surface area contributed by atoms with Crippen LogP contribution >= 0.6 is 0 Å². The molecule has 0 bridgehead atoms. The highest BCUT2D eigenvalue weighted by atomic mass is 28.4. The molecule has 0 aromatic rings. The Balaban J connectivity index is 4.40. The lowest BCUT2D eigenvalue weighted by atomic mass is 9.98. The summed E-state index contributed by atoms with van der Waals surface area (Å²) in [6.45, 7) is 16.3. The third-order valence-corrected chi connectivity index (χ3v) is 7.44. The van der Waals surface area contributed by atoms with E-state index >= 15 is 0 Å². The molecular weight excluding hydrogens is 316 g/mol. The highest BCUT2D eigenvalue weighted by Gasteiger charge is 2.40. The van der Waals surface area contributed by atoms with Crippen LogP contribution in [0.4, 0.5) is 0 Å². The Hall–Kier alpha value is -0.423. The van der Waals surface area contributed by atoms with E-state index in [1.54, 1.807) is 0 Å². The molecule has 0 aromatic heterocycles. The van der Waals surface area contributed by atoms with Crippen molar-refractivity contribution >= 4 is 8.80 Å². The van der Waals surface area contributed by atoms with Crippen LogP contribution in [0.1, 0.15) is 66.7 Å². The van der Waals surface area contributed by atoms with Crippen LogP contribution in [-0.2, 0) is 13.3 Å². The molecule has 0 fully saturated rings. The monoisotopic (exact) mass is 356 g/mol. The van der Waals surface area contributed by atoms with Crippen LogP contribution in [0.3, 0.4) is 0 Å². The van der Waals surface area contributed by atoms with Crippen molar-refractivity contribution in [2.24, 2.45) is 11.8 Å². The van der Waals surface area contributed by atoms with E-state index in [1.165, 1.54) is 12.8 Å². The lowest BCUT2D eigenvalue weighted by Crippen LogP contribution is -2.46. The fraction of sp³-hybridized carbons (Fsp3) is 0.800. The smallest absolute Gasteiger partial charge is 0.374 e. The van der Waals surface area contributed by atoms with Gasteiger partial charge in [-0.2, -0.15) is 0 Å². The van der Waals surface area contributed by atoms with Crippen molar-refractivity contribution in [3.8, 4) is 0 Å². The molecule has 3 nitrogen and oxygen atoms in total. The number of rotatable bonds is 16. The second-order valence-electron chi connectivity index (χ2n) is 6.29. The molecule has 0 saturated heterocycles. The van der Waals surface area contributed by atoms with Gasteiger partial charge in [0.25, 0.3) is 0 Å². The van der Waals surface area contributed by atoms with Gasteiger partial charge in [0.15, 0.2) is 0 Å². The van der Waals surface area contributed by atoms with Gasteiger partial charge in [0.05, 0.1) is 0 Å². The molecule has 142 valence electrons. The van der Waals surface area contributed by atoms with Crippen molar-refractivity contribution in [3.05, 3.63) is 24.8 Å². The van der Waals surface area contributed by atoms with Gasteiger partial charge in [-0.25, -0.2) is 0 Å². The van der Waals surface area contributed by atoms with Gasteiger partial charge in [-0.1, -0.05) is 38.5 Å². The number of hydrogen-bond acceptors (Lipinski definition) is 3. The molecule has 0 aliphatic rings. The molecule has 0 N–H and O–H groups in total. The SMILES string of the molecule is C=CC(C)CC/C=C/CC(CC)CC[Si](OCC)(OCC)OCC. The zero-order valence-corrected chi connectivity index (χ0v) is 17.7. The average Bonchev–Trinajstić information content (AvgIpc) is 2.57. The molecule has 0 rings (SSSR count). The van der Waals surface area contributed by atoms with Crippen LogP contribution in [0.5, 0.6) is 0 Å². The van der Waals surface area contributed by atoms with Crippen molar-refractivity contribution in [2.75, 3.05) is 19.8 Å². The maximum Gasteiger partial charge on any atom is 0.500 e. The van der Waals surface area contributed by atoms with Gasteiger partial charge >= 0.3 is 8.80 Å². The largest absolute Gasteiger partial charge is 0.500 e. The fourth-order valence-corrected chi connectivity index (χ4v) is 5.52. The van der Waals surface area contributed by atoms with E-state index in [9.17, 15) is 0 Å². The summed E-state index contributed by atoms with van der Waals surface area (Å²) in [5.74, 6) is 1.28. The minimum Gasteiger partial charge on any atom is -0.374 e. The van der Waals surface area contributed by atoms with Gasteiger partial charge in [-0.15, -0.1) is 6.58 Å². The topological polar surface area (TPSA) is 27.7 Å². The maximum absolute atomic E-state index is 5.95. The highest BCUT2D eigenvalue weighted by molar-refractivity contribution is 6.60. The molecule has 0 saturated carbocycles. The molecule has 24 heavy (non-hydrogen) atoms. The first kappa shape index (κ1) is 23.6. The molecule has 0 aliphatic heterocycles. The van der Waals surface area contributed by atoms with Crippen LogP contribution in [0.25, 0.3) is 0 Å². The van der Waals surface area contributed by atoms with Gasteiger partial charge in [0.1, 0.15) is 0 Å². The zero-order valence-electron chi connectivity index (χ0n) is 16.7. The van der Waals surface area contributed by atoms with Crippen LogP contribution in [-0.4, -0.2) is 28.6 Å². The first-order chi connectivity index (χ1) is 11.6. The predicted octanol–water partition coefficient (Wildman–Crippen LogP) is 6.00. The van der Waals surface area contributed by atoms with Crippen LogP contribution < -0.4 is 0 Å². The summed E-state index contributed by atoms with van der Waals surface area (Å²) in [6, 6.07) is 0.919. The molecule has 0 aromatic carbocycles. The van der Waals surface area contributed by atoms with E-state index in [1.807, 2.05) is 26.8 Å². The van der Waals surface area contributed by atoms with Crippen molar-refractivity contribution in [3.63, 3.8) is 0 Å². The molecule has 0 aliphatic carbocycles. The average molecular weight is 357 g/mol. The van der Waals surface area contributed by atoms with E-state index < -0.39 is 8.80 Å². The molecule has 2 unspecified atom stereocenters. The van der Waals surface area contributed by atoms with Crippen molar-refractivity contribution < 1.29 is 13.3 Å². The van der Waals surface area contributed by atoms with Crippen molar-refractivity contribution in [1.29, 1.82) is 0 Å². The summed E-state index contributed by atoms with van der Waals surface area (Å²) in [6.07, 6.45) is 12.4. The molecule has 0 spiro atoms. The summed E-state index contributed by atoms with van der Waals surface area (Å²) in [5, 5.41) is 0. The molecule has 0 heterocycles. The molecule has 4 heteroatoms. The minimum atomic E-state index is -2.48. The normalized spacial score (nSPS) is 14.9. The molecule has 0 amide bonds. The summed E-state index contributed by atoms with van der Waals surface area (Å²) in [7, 11) is -2.48. The van der Waals surface area contributed by atoms with E-state index in [4.69, 9.17) is 13.3 Å². The second-order valence-corrected chi connectivity index (χ2v) is 9.02. The van der Waals surface area contributed by atoms with Gasteiger partial charge in [-0.05, 0) is 58.3 Å². The lowest BCUT2D eigenvalue weighted by Gasteiger charge is -2.29. The predicted molar refractivity (Wildman–Crippen MR) is 106 cm³/mol. The summed E-state index contributed by atoms with van der Waals surface area (Å²) in [4.78, 5) is 0. The quantitative estimate of drug-likeness (QED) is 0.251. The van der Waals surface area contributed by atoms with E-state index in [0.29, 0.717) is 31.7 Å². The molecule has 0 radical (unpaired) electrons. The molecule has 2 atom stereocenters. The summed E-state index contributed by atoms with van der Waals surface area (Å²) >= 11 is 0. The van der Waals surface area contributed by atoms with Crippen LogP contribution in [0.2, 0.25) is 6.04 Å². The van der Waals surface area contributed by atoms with E-state index in [2.05, 4.69) is 32.6 Å². The summed E-state index contributed by atoms with van der Waals surface area (Å²) < 4.78 is 17.9. The van der Waals surface area contributed by atoms with Gasteiger partial charge in [-0.3, -0.25) is 0 Å². The van der Waals surface area contributed by atoms with Gasteiger partial charge in [0, 0.05) is 25.9 Å². The first-order valence-corrected chi connectivity index (χ1v) is 11.7. The Morgan fingerprint density at radius 1 is 0.917 bits per heavy atom. The lowest BCUT2D eigenvalue weighted by molar-refractivity contribution is 0.0695. The standard InChI is InChI=1S/C20H40O3Si/c1-7-19(6)15-13-12-14-16-20(8-2)17-18-24(21-9-3,22-10-4)23-11-5/h7,12,14,19-20H,1,8-11,13,15-18H2,2-6H3/b14-12+. The van der Waals surface area contributed by atoms with Crippen molar-refractivity contribution in [1.82, 2.24) is 0 Å². The second kappa shape index (κ2) is 14.9. The Kier molecular flexibility index (Phi) is 14.6. The Morgan fingerprint density at radius 3 is 1.96 bits per heavy atom. The fourth-order valence-electron chi connectivity index (χ4n) is 2.75. The van der Waals surface area contributed by atoms with Gasteiger partial charge in [0.2, 0.25) is 0 Å². The van der Waals surface area contributed by atoms with Crippen LogP contribution in [0, 0.1) is 11.8 Å². The van der Waals surface area contributed by atoms with E-state index in [-0.39, 0.29) is 0 Å². The Morgan fingerprint density at radius 2 is 1.50 bits per heavy atom. The molecular formula is C20H40O3Si. The van der Waals surface area contributed by atoms with Gasteiger partial charge < -0.3 is 13.3 Å². The zero-order chi connectivity index (χ0) is 18.3. The number of hydrogen-bond donors (Lipinski definition) is 0. The third kappa shape index (κ3) is 10.4. The first-order valence-electron chi connectivity index (χ1n) is 9.76. The Bertz CT molecular complexity index is 314. The summed E-state index contributed by atoms with van der Waals surface area (Å²) in [5.41, 5.74) is 0. The van der Waals surface area contributed by atoms with Crippen molar-refractivity contribution in [2.45, 2.75) is 72.8 Å². The number of allylic oxidation sites excluding steroid dienone is 3. The highest BCUT2D eigenvalue weighted by Crippen LogP contribution is 2.25. The third-order valence-electron chi connectivity index (χ3n) is 4.36.